The van der Waals surface area contributed by atoms with Crippen LogP contribution in [0.1, 0.15) is 0 Å². The van der Waals surface area contributed by atoms with Crippen LogP contribution in [0.3, 0.4) is 0 Å². The number of rotatable bonds is 5. The summed E-state index contributed by atoms with van der Waals surface area (Å²) in [5.41, 5.74) is 1.48. The molecule has 0 aliphatic carbocycles. The Kier molecular flexibility index (Phi) is 6.07. The van der Waals surface area contributed by atoms with Crippen LogP contribution in [-0.4, -0.2) is 10.2 Å². The van der Waals surface area contributed by atoms with Crippen molar-refractivity contribution in [2.45, 2.75) is 0 Å². The molecule has 0 bridgehead atoms. The monoisotopic (exact) mass is 576 g/mol. The van der Waals surface area contributed by atoms with Crippen LogP contribution >= 0.6 is 20.8 Å². The van der Waals surface area contributed by atoms with Crippen LogP contribution in [0.5, 0.6) is 11.5 Å². The third-order valence-electron chi connectivity index (χ3n) is 7.35. The summed E-state index contributed by atoms with van der Waals surface area (Å²) in [5.74, 6) is -0.259. The normalized spacial score (nSPS) is 12.6. The predicted molar refractivity (Wildman–Crippen MR) is 166 cm³/mol. The zero-order chi connectivity index (χ0) is 26.2. The number of hydrogen-bond donors (Lipinski definition) is 2. The Labute approximate surface area is 230 Å². The van der Waals surface area contributed by atoms with Crippen LogP contribution in [-0.2, 0) is 0 Å². The Morgan fingerprint density at radius 3 is 1.50 bits per heavy atom. The molecular weight excluding hydrogens is 551 g/mol. The second-order valence-corrected chi connectivity index (χ2v) is 17.7. The fraction of sp³-hybridized carbons (Fsp3) is 0. The Bertz CT molecular complexity index is 1650. The summed E-state index contributed by atoms with van der Waals surface area (Å²) in [6.07, 6.45) is 0. The van der Waals surface area contributed by atoms with E-state index < -0.39 is 5.31 Å². The van der Waals surface area contributed by atoms with Gasteiger partial charge in [0.1, 0.15) is 0 Å². The molecule has 0 aliphatic rings. The molecule has 186 valence electrons. The van der Waals surface area contributed by atoms with Crippen molar-refractivity contribution in [2.24, 2.45) is 0 Å². The summed E-state index contributed by atoms with van der Waals surface area (Å²) in [4.78, 5) is 0. The molecule has 0 amide bonds. The van der Waals surface area contributed by atoms with Gasteiger partial charge in [0.15, 0.2) is 0 Å². The average Bonchev–Trinajstić information content (AvgIpc) is 2.99. The van der Waals surface area contributed by atoms with Crippen LogP contribution in [0.4, 0.5) is 0 Å². The molecule has 0 spiro atoms. The summed E-state index contributed by atoms with van der Waals surface area (Å²) < 4.78 is 0. The molecule has 0 aromatic heterocycles. The first-order chi connectivity index (χ1) is 18.5. The first-order valence-corrected chi connectivity index (χ1v) is 16.7. The summed E-state index contributed by atoms with van der Waals surface area (Å²) in [7, 11) is 0. The van der Waals surface area contributed by atoms with Crippen LogP contribution in [0.15, 0.2) is 146 Å². The van der Waals surface area contributed by atoms with Gasteiger partial charge in [-0.15, -0.1) is 0 Å². The minimum absolute atomic E-state index is 0.122. The van der Waals surface area contributed by atoms with E-state index in [1.807, 2.05) is 54.6 Å². The molecule has 0 atom stereocenters. The van der Waals surface area contributed by atoms with Gasteiger partial charge < -0.3 is 0 Å². The number of halogens is 1. The average molecular weight is 577 g/mol. The van der Waals surface area contributed by atoms with Gasteiger partial charge in [-0.2, -0.15) is 0 Å². The van der Waals surface area contributed by atoms with Gasteiger partial charge in [0.05, 0.1) is 0 Å². The second-order valence-electron chi connectivity index (χ2n) is 9.37. The van der Waals surface area contributed by atoms with Gasteiger partial charge in [-0.25, -0.2) is 0 Å². The van der Waals surface area contributed by atoms with Crippen molar-refractivity contribution >= 4 is 52.8 Å². The zero-order valence-corrected chi connectivity index (χ0v) is 23.1. The van der Waals surface area contributed by atoms with E-state index in [9.17, 15) is 10.2 Å². The molecule has 0 heterocycles. The van der Waals surface area contributed by atoms with Crippen molar-refractivity contribution in [1.29, 1.82) is 0 Å². The SMILES string of the molecule is Oc1cc2ccccc2c(-c2ccccc2P(Br)(c2ccccc2)(c2ccccc2)c2ccccc2)c1O. The summed E-state index contributed by atoms with van der Waals surface area (Å²) >= 11 is 4.57. The Balaban J connectivity index is 1.86. The van der Waals surface area contributed by atoms with Crippen molar-refractivity contribution < 1.29 is 10.2 Å². The van der Waals surface area contributed by atoms with Crippen molar-refractivity contribution in [3.63, 3.8) is 0 Å². The Morgan fingerprint density at radius 1 is 0.500 bits per heavy atom. The van der Waals surface area contributed by atoms with Crippen molar-refractivity contribution in [1.82, 2.24) is 0 Å². The van der Waals surface area contributed by atoms with Gasteiger partial charge in [-0.1, -0.05) is 0 Å². The van der Waals surface area contributed by atoms with Crippen molar-refractivity contribution in [2.75, 3.05) is 0 Å². The molecule has 6 rings (SSSR count). The topological polar surface area (TPSA) is 40.5 Å². The van der Waals surface area contributed by atoms with Gasteiger partial charge in [-0.3, -0.25) is 0 Å². The van der Waals surface area contributed by atoms with E-state index in [0.29, 0.717) is 5.56 Å². The standard InChI is InChI=1S/C34H26BrO2P/c35-38(26-15-4-1-5-16-26,27-17-6-2-7-18-27,28-19-8-3-9-20-28)32-23-13-12-22-30(32)33-29-21-11-10-14-25(29)24-31(36)34(33)37/h1-24,36-37H. The number of phenolic OH excluding ortho intramolecular Hbond substituents is 2. The van der Waals surface area contributed by atoms with Crippen molar-refractivity contribution in [3.05, 3.63) is 146 Å². The van der Waals surface area contributed by atoms with Crippen molar-refractivity contribution in [3.8, 4) is 22.6 Å². The number of fused-ring (bicyclic) bond motifs is 1. The predicted octanol–water partition coefficient (Wildman–Crippen LogP) is 7.38. The van der Waals surface area contributed by atoms with Gasteiger partial charge >= 0.3 is 231 Å². The van der Waals surface area contributed by atoms with Gasteiger partial charge in [0.2, 0.25) is 0 Å². The fourth-order valence-electron chi connectivity index (χ4n) is 5.63. The third-order valence-corrected chi connectivity index (χ3v) is 17.3. The molecule has 0 radical (unpaired) electrons. The quantitative estimate of drug-likeness (QED) is 0.166. The molecule has 4 heteroatoms. The maximum absolute atomic E-state index is 11.4. The fourth-order valence-corrected chi connectivity index (χ4v) is 13.6. The van der Waals surface area contributed by atoms with Crippen LogP contribution in [0, 0.1) is 0 Å². The van der Waals surface area contributed by atoms with E-state index in [-0.39, 0.29) is 11.5 Å². The number of hydrogen-bond acceptors (Lipinski definition) is 2. The molecule has 6 aromatic carbocycles. The summed E-state index contributed by atoms with van der Waals surface area (Å²) in [6.45, 7) is 0. The molecule has 0 saturated heterocycles. The second kappa shape index (κ2) is 9.44. The van der Waals surface area contributed by atoms with Crippen LogP contribution < -0.4 is 21.2 Å². The Morgan fingerprint density at radius 2 is 0.947 bits per heavy atom. The Hall–Kier alpha value is -3.91. The minimum atomic E-state index is -3.57. The molecular formula is C34H26BrO2P. The van der Waals surface area contributed by atoms with Gasteiger partial charge in [0, 0.05) is 0 Å². The van der Waals surface area contributed by atoms with E-state index in [1.165, 1.54) is 0 Å². The van der Waals surface area contributed by atoms with Crippen LogP contribution in [0.2, 0.25) is 0 Å². The van der Waals surface area contributed by atoms with Gasteiger partial charge in [0.25, 0.3) is 0 Å². The first kappa shape index (κ1) is 24.4. The number of benzene rings is 6. The van der Waals surface area contributed by atoms with Crippen LogP contribution in [0.25, 0.3) is 21.9 Å². The molecule has 2 nitrogen and oxygen atoms in total. The number of phenols is 2. The zero-order valence-electron chi connectivity index (χ0n) is 20.6. The number of aromatic hydroxyl groups is 2. The molecule has 2 N–H and O–H groups in total. The van der Waals surface area contributed by atoms with Gasteiger partial charge in [-0.05, 0) is 0 Å². The van der Waals surface area contributed by atoms with E-state index in [4.69, 9.17) is 0 Å². The maximum atomic E-state index is 11.4. The van der Waals surface area contributed by atoms with E-state index >= 15 is 0 Å². The van der Waals surface area contributed by atoms with E-state index in [2.05, 4.69) is 100 Å². The molecule has 0 saturated carbocycles. The van der Waals surface area contributed by atoms with E-state index in [1.54, 1.807) is 6.07 Å². The molecule has 0 aliphatic heterocycles. The molecule has 6 aromatic rings. The van der Waals surface area contributed by atoms with E-state index in [0.717, 1.165) is 37.6 Å². The third kappa shape index (κ3) is 3.50. The molecule has 0 fully saturated rings. The summed E-state index contributed by atoms with van der Waals surface area (Å²) in [6, 6.07) is 49.4. The first-order valence-electron chi connectivity index (χ1n) is 12.5. The summed E-state index contributed by atoms with van der Waals surface area (Å²) in [5, 5.41) is 24.9. The molecule has 38 heavy (non-hydrogen) atoms. The molecule has 0 unspecified atom stereocenters.